The lowest BCUT2D eigenvalue weighted by Gasteiger charge is -2.38. The molecule has 102 valence electrons. The Labute approximate surface area is 108 Å². The van der Waals surface area contributed by atoms with Crippen LogP contribution in [0.1, 0.15) is 40.0 Å². The number of hydrogen-bond acceptors (Lipinski definition) is 3. The van der Waals surface area contributed by atoms with Crippen LogP contribution in [0.25, 0.3) is 0 Å². The lowest BCUT2D eigenvalue weighted by molar-refractivity contribution is -0.156. The van der Waals surface area contributed by atoms with Gasteiger partial charge in [-0.1, -0.05) is 0 Å². The Morgan fingerprint density at radius 1 is 1.50 bits per heavy atom. The number of nitrogens with zero attached hydrogens (tertiary/aromatic N) is 2. The van der Waals surface area contributed by atoms with Gasteiger partial charge in [-0.15, -0.1) is 0 Å². The van der Waals surface area contributed by atoms with Crippen molar-refractivity contribution in [2.45, 2.75) is 63.7 Å². The van der Waals surface area contributed by atoms with Crippen LogP contribution in [0, 0.1) is 0 Å². The minimum Gasteiger partial charge on any atom is -0.479 e. The SMILES string of the molecule is CC1CC(C(=O)O)(N(C=O)C(C)C)CN1C1CC1. The number of carbonyl (C=O) groups is 2. The molecule has 2 atom stereocenters. The van der Waals surface area contributed by atoms with Crippen LogP contribution < -0.4 is 0 Å². The molecule has 5 nitrogen and oxygen atoms in total. The van der Waals surface area contributed by atoms with Crippen LogP contribution in [0.4, 0.5) is 0 Å². The molecule has 2 rings (SSSR count). The molecule has 1 heterocycles. The average molecular weight is 254 g/mol. The molecular weight excluding hydrogens is 232 g/mol. The van der Waals surface area contributed by atoms with E-state index in [1.54, 1.807) is 0 Å². The Balaban J connectivity index is 2.28. The molecule has 1 aliphatic heterocycles. The van der Waals surface area contributed by atoms with Crippen molar-refractivity contribution >= 4 is 12.4 Å². The van der Waals surface area contributed by atoms with Crippen LogP contribution in [0.5, 0.6) is 0 Å². The summed E-state index contributed by atoms with van der Waals surface area (Å²) in [5.41, 5.74) is -1.04. The zero-order chi connectivity index (χ0) is 13.5. The predicted octanol–water partition coefficient (Wildman–Crippen LogP) is 0.933. The molecule has 5 heteroatoms. The zero-order valence-corrected chi connectivity index (χ0v) is 11.3. The molecule has 1 saturated heterocycles. The molecular formula is C13H22N2O3. The van der Waals surface area contributed by atoms with Gasteiger partial charge in [0.25, 0.3) is 0 Å². The smallest absolute Gasteiger partial charge is 0.331 e. The number of aliphatic carboxylic acids is 1. The summed E-state index contributed by atoms with van der Waals surface area (Å²) >= 11 is 0. The molecule has 0 aromatic rings. The molecule has 18 heavy (non-hydrogen) atoms. The van der Waals surface area contributed by atoms with E-state index in [4.69, 9.17) is 0 Å². The summed E-state index contributed by atoms with van der Waals surface area (Å²) in [5, 5.41) is 9.62. The van der Waals surface area contributed by atoms with Gasteiger partial charge in [0.05, 0.1) is 0 Å². The van der Waals surface area contributed by atoms with Gasteiger partial charge in [-0.3, -0.25) is 9.69 Å². The number of carboxylic acid groups (broad SMARTS) is 1. The quantitative estimate of drug-likeness (QED) is 0.742. The minimum absolute atomic E-state index is 0.0926. The van der Waals surface area contributed by atoms with Crippen LogP contribution >= 0.6 is 0 Å². The summed E-state index contributed by atoms with van der Waals surface area (Å²) in [5.74, 6) is -0.877. The molecule has 1 saturated carbocycles. The second-order valence-corrected chi connectivity index (χ2v) is 5.90. The van der Waals surface area contributed by atoms with Crippen LogP contribution in [0.2, 0.25) is 0 Å². The van der Waals surface area contributed by atoms with Crippen molar-refractivity contribution in [3.8, 4) is 0 Å². The van der Waals surface area contributed by atoms with Crippen LogP contribution in [-0.2, 0) is 9.59 Å². The zero-order valence-electron chi connectivity index (χ0n) is 11.3. The van der Waals surface area contributed by atoms with Gasteiger partial charge in [-0.25, -0.2) is 4.79 Å². The first kappa shape index (κ1) is 13.3. The normalized spacial score (nSPS) is 32.8. The van der Waals surface area contributed by atoms with Crippen molar-refractivity contribution in [2.75, 3.05) is 6.54 Å². The molecule has 1 amide bonds. The van der Waals surface area contributed by atoms with Gasteiger partial charge in [0.2, 0.25) is 6.41 Å². The topological polar surface area (TPSA) is 60.9 Å². The molecule has 2 unspecified atom stereocenters. The van der Waals surface area contributed by atoms with Crippen molar-refractivity contribution in [1.29, 1.82) is 0 Å². The Hall–Kier alpha value is -1.10. The standard InChI is InChI=1S/C13H22N2O3/c1-9(2)15(8-16)13(12(17)18)6-10(3)14(7-13)11-4-5-11/h8-11H,4-7H2,1-3H3,(H,17,18). The van der Waals surface area contributed by atoms with Crippen molar-refractivity contribution in [2.24, 2.45) is 0 Å². The lowest BCUT2D eigenvalue weighted by atomic mass is 9.93. The number of likely N-dealkylation sites (tertiary alicyclic amines) is 1. The van der Waals surface area contributed by atoms with E-state index in [0.717, 1.165) is 12.8 Å². The summed E-state index contributed by atoms with van der Waals surface area (Å²) in [7, 11) is 0. The molecule has 0 spiro atoms. The number of rotatable bonds is 5. The summed E-state index contributed by atoms with van der Waals surface area (Å²) < 4.78 is 0. The second kappa shape index (κ2) is 4.53. The van der Waals surface area contributed by atoms with Crippen molar-refractivity contribution < 1.29 is 14.7 Å². The highest BCUT2D eigenvalue weighted by molar-refractivity contribution is 5.82. The first-order chi connectivity index (χ1) is 8.42. The largest absolute Gasteiger partial charge is 0.479 e. The van der Waals surface area contributed by atoms with Crippen LogP contribution in [0.15, 0.2) is 0 Å². The van der Waals surface area contributed by atoms with E-state index in [0.29, 0.717) is 25.4 Å². The molecule has 0 aromatic heterocycles. The molecule has 2 aliphatic rings. The highest BCUT2D eigenvalue weighted by Crippen LogP contribution is 2.40. The maximum atomic E-state index is 11.7. The van der Waals surface area contributed by atoms with Gasteiger partial charge in [-0.2, -0.15) is 0 Å². The third kappa shape index (κ3) is 2.00. The predicted molar refractivity (Wildman–Crippen MR) is 67.2 cm³/mol. The van der Waals surface area contributed by atoms with E-state index in [2.05, 4.69) is 11.8 Å². The summed E-state index contributed by atoms with van der Waals surface area (Å²) in [6.07, 6.45) is 3.53. The van der Waals surface area contributed by atoms with Crippen LogP contribution in [0.3, 0.4) is 0 Å². The van der Waals surface area contributed by atoms with E-state index in [1.807, 2.05) is 13.8 Å². The Morgan fingerprint density at radius 2 is 2.11 bits per heavy atom. The molecule has 2 fully saturated rings. The third-order valence-electron chi connectivity index (χ3n) is 4.22. The highest BCUT2D eigenvalue weighted by atomic mass is 16.4. The molecule has 1 N–H and O–H groups in total. The lowest BCUT2D eigenvalue weighted by Crippen LogP contribution is -2.58. The number of amides is 1. The number of hydrogen-bond donors (Lipinski definition) is 1. The van der Waals surface area contributed by atoms with Gasteiger partial charge < -0.3 is 10.0 Å². The monoisotopic (exact) mass is 254 g/mol. The number of carbonyl (C=O) groups excluding carboxylic acids is 1. The molecule has 1 aliphatic carbocycles. The van der Waals surface area contributed by atoms with Crippen LogP contribution in [-0.4, -0.2) is 57.5 Å². The maximum absolute atomic E-state index is 11.7. The fraction of sp³-hybridized carbons (Fsp3) is 0.846. The molecule has 0 radical (unpaired) electrons. The first-order valence-electron chi connectivity index (χ1n) is 6.65. The number of carboxylic acids is 1. The van der Waals surface area contributed by atoms with E-state index >= 15 is 0 Å². The Kier molecular flexibility index (Phi) is 3.36. The summed E-state index contributed by atoms with van der Waals surface area (Å²) in [4.78, 5) is 26.8. The summed E-state index contributed by atoms with van der Waals surface area (Å²) in [6.45, 7) is 6.25. The molecule has 0 bridgehead atoms. The van der Waals surface area contributed by atoms with Gasteiger partial charge in [0.1, 0.15) is 0 Å². The highest BCUT2D eigenvalue weighted by Gasteiger charge is 2.55. The maximum Gasteiger partial charge on any atom is 0.331 e. The van der Waals surface area contributed by atoms with E-state index in [9.17, 15) is 14.7 Å². The Bertz CT molecular complexity index is 354. The van der Waals surface area contributed by atoms with Crippen molar-refractivity contribution in [3.05, 3.63) is 0 Å². The van der Waals surface area contributed by atoms with E-state index in [-0.39, 0.29) is 12.1 Å². The van der Waals surface area contributed by atoms with Gasteiger partial charge in [0, 0.05) is 24.7 Å². The Morgan fingerprint density at radius 3 is 2.50 bits per heavy atom. The molecule has 0 aromatic carbocycles. The fourth-order valence-corrected chi connectivity index (χ4v) is 3.19. The van der Waals surface area contributed by atoms with E-state index < -0.39 is 11.5 Å². The van der Waals surface area contributed by atoms with Crippen molar-refractivity contribution in [3.63, 3.8) is 0 Å². The van der Waals surface area contributed by atoms with E-state index in [1.165, 1.54) is 4.90 Å². The van der Waals surface area contributed by atoms with Gasteiger partial charge in [-0.05, 0) is 40.0 Å². The van der Waals surface area contributed by atoms with Gasteiger partial charge >= 0.3 is 5.97 Å². The minimum atomic E-state index is -1.04. The van der Waals surface area contributed by atoms with Gasteiger partial charge in [0.15, 0.2) is 5.54 Å². The summed E-state index contributed by atoms with van der Waals surface area (Å²) in [6, 6.07) is 0.668. The average Bonchev–Trinajstić information content (AvgIpc) is 3.04. The fourth-order valence-electron chi connectivity index (χ4n) is 3.19. The first-order valence-corrected chi connectivity index (χ1v) is 6.65. The second-order valence-electron chi connectivity index (χ2n) is 5.90. The third-order valence-corrected chi connectivity index (χ3v) is 4.22. The van der Waals surface area contributed by atoms with Crippen molar-refractivity contribution in [1.82, 2.24) is 9.80 Å².